The molecule has 1 aliphatic heterocycles. The Morgan fingerprint density at radius 3 is 2.71 bits per heavy atom. The number of hydrogen-bond acceptors (Lipinski definition) is 2. The summed E-state index contributed by atoms with van der Waals surface area (Å²) in [5.74, 6) is 0. The van der Waals surface area contributed by atoms with Gasteiger partial charge in [-0.2, -0.15) is 0 Å². The number of benzene rings is 1. The van der Waals surface area contributed by atoms with Crippen molar-refractivity contribution >= 4 is 13.3 Å². The second-order valence-corrected chi connectivity index (χ2v) is 3.84. The van der Waals surface area contributed by atoms with E-state index in [2.05, 4.69) is 39.0 Å². The standard InChI is InChI=1S/C11H15BO2/c1-8(13-6-11-7-14-11)9-2-4-10(12)5-3-9/h2-5,8,11H,6-7,12H2,1H3/t8-,11+/m1/s1. The quantitative estimate of drug-likeness (QED) is 0.507. The zero-order chi connectivity index (χ0) is 9.97. The van der Waals surface area contributed by atoms with Crippen molar-refractivity contribution in [2.24, 2.45) is 0 Å². The predicted molar refractivity (Wildman–Crippen MR) is 58.7 cm³/mol. The maximum absolute atomic E-state index is 5.67. The van der Waals surface area contributed by atoms with E-state index in [4.69, 9.17) is 9.47 Å². The van der Waals surface area contributed by atoms with Crippen LogP contribution < -0.4 is 5.46 Å². The smallest absolute Gasteiger partial charge is 0.139 e. The summed E-state index contributed by atoms with van der Waals surface area (Å²) < 4.78 is 10.8. The Balaban J connectivity index is 1.88. The van der Waals surface area contributed by atoms with Gasteiger partial charge in [-0.1, -0.05) is 29.7 Å². The lowest BCUT2D eigenvalue weighted by Gasteiger charge is -2.12. The van der Waals surface area contributed by atoms with Gasteiger partial charge in [0.05, 0.1) is 19.3 Å². The van der Waals surface area contributed by atoms with Crippen molar-refractivity contribution in [3.63, 3.8) is 0 Å². The van der Waals surface area contributed by atoms with Gasteiger partial charge in [0, 0.05) is 0 Å². The van der Waals surface area contributed by atoms with Crippen molar-refractivity contribution in [3.8, 4) is 0 Å². The van der Waals surface area contributed by atoms with Gasteiger partial charge in [0.25, 0.3) is 0 Å². The molecule has 0 saturated carbocycles. The van der Waals surface area contributed by atoms with Crippen molar-refractivity contribution < 1.29 is 9.47 Å². The molecule has 0 aliphatic carbocycles. The van der Waals surface area contributed by atoms with Crippen LogP contribution in [-0.2, 0) is 9.47 Å². The topological polar surface area (TPSA) is 21.8 Å². The normalized spacial score (nSPS) is 21.9. The molecule has 0 aromatic heterocycles. The fraction of sp³-hybridized carbons (Fsp3) is 0.455. The number of epoxide rings is 1. The summed E-state index contributed by atoms with van der Waals surface area (Å²) in [6.07, 6.45) is 0.516. The van der Waals surface area contributed by atoms with Gasteiger partial charge in [0.2, 0.25) is 0 Å². The molecule has 74 valence electrons. The molecule has 0 amide bonds. The van der Waals surface area contributed by atoms with E-state index < -0.39 is 0 Å². The molecule has 0 radical (unpaired) electrons. The fourth-order valence-corrected chi connectivity index (χ4v) is 1.35. The minimum Gasteiger partial charge on any atom is -0.371 e. The van der Waals surface area contributed by atoms with Crippen LogP contribution in [0.15, 0.2) is 24.3 Å². The van der Waals surface area contributed by atoms with Gasteiger partial charge in [-0.25, -0.2) is 0 Å². The Bertz CT molecular complexity index is 293. The van der Waals surface area contributed by atoms with Gasteiger partial charge < -0.3 is 9.47 Å². The molecule has 3 heteroatoms. The monoisotopic (exact) mass is 190 g/mol. The molecule has 2 atom stereocenters. The number of hydrogen-bond donors (Lipinski definition) is 0. The molecule has 0 N–H and O–H groups in total. The van der Waals surface area contributed by atoms with E-state index in [1.54, 1.807) is 0 Å². The first-order chi connectivity index (χ1) is 6.75. The molecule has 0 unspecified atom stereocenters. The van der Waals surface area contributed by atoms with E-state index in [0.29, 0.717) is 6.10 Å². The zero-order valence-corrected chi connectivity index (χ0v) is 8.69. The van der Waals surface area contributed by atoms with Crippen LogP contribution in [0.3, 0.4) is 0 Å². The molecule has 1 saturated heterocycles. The van der Waals surface area contributed by atoms with Crippen molar-refractivity contribution in [1.29, 1.82) is 0 Å². The molecule has 1 aromatic rings. The van der Waals surface area contributed by atoms with Gasteiger partial charge in [-0.15, -0.1) is 0 Å². The lowest BCUT2D eigenvalue weighted by Crippen LogP contribution is -2.08. The summed E-state index contributed by atoms with van der Waals surface area (Å²) in [7, 11) is 2.09. The number of ether oxygens (including phenoxy) is 2. The van der Waals surface area contributed by atoms with Crippen molar-refractivity contribution in [2.75, 3.05) is 13.2 Å². The third kappa shape index (κ3) is 2.60. The molecule has 0 bridgehead atoms. The van der Waals surface area contributed by atoms with Crippen LogP contribution in [-0.4, -0.2) is 27.2 Å². The summed E-state index contributed by atoms with van der Waals surface area (Å²) in [5.41, 5.74) is 2.52. The van der Waals surface area contributed by atoms with Gasteiger partial charge in [0.15, 0.2) is 0 Å². The van der Waals surface area contributed by atoms with Crippen molar-refractivity contribution in [1.82, 2.24) is 0 Å². The highest BCUT2D eigenvalue weighted by Crippen LogP contribution is 2.18. The third-order valence-corrected chi connectivity index (χ3v) is 2.48. The van der Waals surface area contributed by atoms with Gasteiger partial charge >= 0.3 is 0 Å². The van der Waals surface area contributed by atoms with Gasteiger partial charge in [0.1, 0.15) is 14.0 Å². The minimum absolute atomic E-state index is 0.166. The van der Waals surface area contributed by atoms with Gasteiger partial charge in [-0.05, 0) is 12.5 Å². The van der Waals surface area contributed by atoms with E-state index in [1.807, 2.05) is 0 Å². The average molecular weight is 190 g/mol. The summed E-state index contributed by atoms with van der Waals surface area (Å²) in [6.45, 7) is 3.66. The maximum atomic E-state index is 5.67. The molecule has 0 spiro atoms. The first-order valence-corrected chi connectivity index (χ1v) is 5.05. The Morgan fingerprint density at radius 1 is 1.50 bits per heavy atom. The van der Waals surface area contributed by atoms with E-state index >= 15 is 0 Å². The van der Waals surface area contributed by atoms with Crippen LogP contribution in [0.5, 0.6) is 0 Å². The average Bonchev–Trinajstić information content (AvgIpc) is 2.99. The largest absolute Gasteiger partial charge is 0.371 e. The SMILES string of the molecule is Bc1ccc([C@@H](C)OC[C@H]2CO2)cc1. The summed E-state index contributed by atoms with van der Waals surface area (Å²) in [6, 6.07) is 8.47. The highest BCUT2D eigenvalue weighted by atomic mass is 16.6. The Morgan fingerprint density at radius 2 is 2.14 bits per heavy atom. The molecule has 2 nitrogen and oxygen atoms in total. The lowest BCUT2D eigenvalue weighted by atomic mass is 9.94. The molecular weight excluding hydrogens is 175 g/mol. The summed E-state index contributed by atoms with van der Waals surface area (Å²) in [4.78, 5) is 0. The molecule has 1 heterocycles. The Labute approximate surface area is 85.6 Å². The van der Waals surface area contributed by atoms with Crippen LogP contribution in [0, 0.1) is 0 Å². The van der Waals surface area contributed by atoms with E-state index in [0.717, 1.165) is 13.2 Å². The highest BCUT2D eigenvalue weighted by molar-refractivity contribution is 6.32. The maximum Gasteiger partial charge on any atom is 0.139 e. The predicted octanol–water partition coefficient (Wildman–Crippen LogP) is 0.421. The fourth-order valence-electron chi connectivity index (χ4n) is 1.35. The Hall–Kier alpha value is -0.795. The molecule has 1 fully saturated rings. The van der Waals surface area contributed by atoms with Crippen LogP contribution in [0.4, 0.5) is 0 Å². The molecule has 2 rings (SSSR count). The Kier molecular flexibility index (Phi) is 2.89. The minimum atomic E-state index is 0.166. The second kappa shape index (κ2) is 4.15. The van der Waals surface area contributed by atoms with Crippen molar-refractivity contribution in [2.45, 2.75) is 19.1 Å². The van der Waals surface area contributed by atoms with E-state index in [9.17, 15) is 0 Å². The summed E-state index contributed by atoms with van der Waals surface area (Å²) >= 11 is 0. The second-order valence-electron chi connectivity index (χ2n) is 3.84. The van der Waals surface area contributed by atoms with E-state index in [-0.39, 0.29) is 6.10 Å². The van der Waals surface area contributed by atoms with Gasteiger partial charge in [-0.3, -0.25) is 0 Å². The van der Waals surface area contributed by atoms with Crippen LogP contribution in [0.25, 0.3) is 0 Å². The molecule has 14 heavy (non-hydrogen) atoms. The summed E-state index contributed by atoms with van der Waals surface area (Å²) in [5, 5.41) is 0. The zero-order valence-electron chi connectivity index (χ0n) is 8.69. The third-order valence-electron chi connectivity index (χ3n) is 2.48. The lowest BCUT2D eigenvalue weighted by molar-refractivity contribution is 0.0540. The highest BCUT2D eigenvalue weighted by Gasteiger charge is 2.23. The molecular formula is C11H15BO2. The molecule has 1 aromatic carbocycles. The first kappa shape index (κ1) is 9.75. The van der Waals surface area contributed by atoms with Crippen LogP contribution >= 0.6 is 0 Å². The first-order valence-electron chi connectivity index (χ1n) is 5.05. The van der Waals surface area contributed by atoms with E-state index in [1.165, 1.54) is 11.0 Å². The molecule has 1 aliphatic rings. The van der Waals surface area contributed by atoms with Crippen LogP contribution in [0.1, 0.15) is 18.6 Å². The van der Waals surface area contributed by atoms with Crippen molar-refractivity contribution in [3.05, 3.63) is 29.8 Å². The van der Waals surface area contributed by atoms with Crippen LogP contribution in [0.2, 0.25) is 0 Å². The number of rotatable bonds is 4.